The van der Waals surface area contributed by atoms with Crippen LogP contribution in [0.5, 0.6) is 5.88 Å². The highest BCUT2D eigenvalue weighted by atomic mass is 19.1. The first-order valence-corrected chi connectivity index (χ1v) is 6.15. The maximum absolute atomic E-state index is 13.1. The van der Waals surface area contributed by atoms with Gasteiger partial charge >= 0.3 is 0 Å². The Morgan fingerprint density at radius 1 is 1.37 bits per heavy atom. The third kappa shape index (κ3) is 2.65. The van der Waals surface area contributed by atoms with Crippen molar-refractivity contribution in [3.8, 4) is 5.88 Å². The molecule has 0 bridgehead atoms. The summed E-state index contributed by atoms with van der Waals surface area (Å²) in [5, 5.41) is 3.23. The second-order valence-corrected chi connectivity index (χ2v) is 4.57. The molecule has 2 atom stereocenters. The SMILES string of the molecule is COc1ccnc(N[C@@H]2C[C@H]2c2cccc(F)c2)n1. The molecule has 98 valence electrons. The van der Waals surface area contributed by atoms with Crippen LogP contribution in [0.3, 0.4) is 0 Å². The van der Waals surface area contributed by atoms with Crippen LogP contribution in [0.4, 0.5) is 10.3 Å². The number of nitrogens with zero attached hydrogens (tertiary/aromatic N) is 2. The molecule has 1 aliphatic rings. The molecule has 0 radical (unpaired) electrons. The van der Waals surface area contributed by atoms with Crippen LogP contribution in [0.1, 0.15) is 17.9 Å². The standard InChI is InChI=1S/C14H14FN3O/c1-19-13-5-6-16-14(18-13)17-12-8-11(12)9-3-2-4-10(15)7-9/h2-7,11-12H,8H2,1H3,(H,16,17,18)/t11-,12+/m0/s1. The van der Waals surface area contributed by atoms with Crippen molar-refractivity contribution in [3.05, 3.63) is 47.9 Å². The Hall–Kier alpha value is -2.17. The molecule has 1 heterocycles. The van der Waals surface area contributed by atoms with Gasteiger partial charge in [0.15, 0.2) is 0 Å². The molecule has 4 nitrogen and oxygen atoms in total. The zero-order chi connectivity index (χ0) is 13.2. The van der Waals surface area contributed by atoms with E-state index in [4.69, 9.17) is 4.74 Å². The fourth-order valence-corrected chi connectivity index (χ4v) is 2.15. The van der Waals surface area contributed by atoms with Crippen molar-refractivity contribution in [3.63, 3.8) is 0 Å². The summed E-state index contributed by atoms with van der Waals surface area (Å²) in [6.07, 6.45) is 2.61. The number of nitrogens with one attached hydrogen (secondary N) is 1. The molecular formula is C14H14FN3O. The van der Waals surface area contributed by atoms with Crippen LogP contribution in [0.15, 0.2) is 36.5 Å². The van der Waals surface area contributed by atoms with E-state index in [2.05, 4.69) is 15.3 Å². The van der Waals surface area contributed by atoms with E-state index < -0.39 is 0 Å². The summed E-state index contributed by atoms with van der Waals surface area (Å²) >= 11 is 0. The number of anilines is 1. The molecule has 1 fully saturated rings. The molecule has 1 N–H and O–H groups in total. The van der Waals surface area contributed by atoms with Gasteiger partial charge in [-0.1, -0.05) is 12.1 Å². The lowest BCUT2D eigenvalue weighted by Gasteiger charge is -2.05. The van der Waals surface area contributed by atoms with E-state index in [1.807, 2.05) is 6.07 Å². The average molecular weight is 259 g/mol. The molecular weight excluding hydrogens is 245 g/mol. The fraction of sp³-hybridized carbons (Fsp3) is 0.286. The smallest absolute Gasteiger partial charge is 0.226 e. The van der Waals surface area contributed by atoms with Gasteiger partial charge < -0.3 is 10.1 Å². The van der Waals surface area contributed by atoms with Gasteiger partial charge in [-0.2, -0.15) is 4.98 Å². The summed E-state index contributed by atoms with van der Waals surface area (Å²) in [6.45, 7) is 0. The summed E-state index contributed by atoms with van der Waals surface area (Å²) in [6, 6.07) is 8.68. The van der Waals surface area contributed by atoms with Crippen molar-refractivity contribution in [2.75, 3.05) is 12.4 Å². The van der Waals surface area contributed by atoms with E-state index in [0.29, 0.717) is 17.7 Å². The third-order valence-electron chi connectivity index (χ3n) is 3.22. The number of benzene rings is 1. The van der Waals surface area contributed by atoms with E-state index >= 15 is 0 Å². The average Bonchev–Trinajstić information content (AvgIpc) is 3.18. The number of hydrogen-bond acceptors (Lipinski definition) is 4. The van der Waals surface area contributed by atoms with Crippen LogP contribution in [0, 0.1) is 5.82 Å². The maximum Gasteiger partial charge on any atom is 0.226 e. The van der Waals surface area contributed by atoms with Crippen molar-refractivity contribution in [2.24, 2.45) is 0 Å². The van der Waals surface area contributed by atoms with Gasteiger partial charge in [-0.25, -0.2) is 9.37 Å². The molecule has 0 amide bonds. The van der Waals surface area contributed by atoms with Gasteiger partial charge in [0.2, 0.25) is 11.8 Å². The Labute approximate surface area is 110 Å². The summed E-state index contributed by atoms with van der Waals surface area (Å²) in [5.41, 5.74) is 1.01. The minimum Gasteiger partial charge on any atom is -0.481 e. The summed E-state index contributed by atoms with van der Waals surface area (Å²) in [4.78, 5) is 8.34. The Kier molecular flexibility index (Phi) is 3.03. The minimum absolute atomic E-state index is 0.194. The number of ether oxygens (including phenoxy) is 1. The van der Waals surface area contributed by atoms with Gasteiger partial charge in [-0.15, -0.1) is 0 Å². The Balaban J connectivity index is 1.67. The molecule has 0 unspecified atom stereocenters. The van der Waals surface area contributed by atoms with Crippen LogP contribution in [-0.4, -0.2) is 23.1 Å². The zero-order valence-electron chi connectivity index (χ0n) is 10.5. The molecule has 0 aliphatic heterocycles. The Morgan fingerprint density at radius 3 is 3.05 bits per heavy atom. The van der Waals surface area contributed by atoms with E-state index in [0.717, 1.165) is 12.0 Å². The van der Waals surface area contributed by atoms with Gasteiger partial charge in [-0.3, -0.25) is 0 Å². The number of hydrogen-bond donors (Lipinski definition) is 1. The largest absolute Gasteiger partial charge is 0.481 e. The number of methoxy groups -OCH3 is 1. The number of aromatic nitrogens is 2. The van der Waals surface area contributed by atoms with E-state index in [1.54, 1.807) is 31.5 Å². The molecule has 0 saturated heterocycles. The van der Waals surface area contributed by atoms with Crippen LogP contribution < -0.4 is 10.1 Å². The normalized spacial score (nSPS) is 20.9. The van der Waals surface area contributed by atoms with Crippen molar-refractivity contribution < 1.29 is 9.13 Å². The minimum atomic E-state index is -0.194. The fourth-order valence-electron chi connectivity index (χ4n) is 2.15. The molecule has 1 saturated carbocycles. The van der Waals surface area contributed by atoms with Crippen molar-refractivity contribution in [2.45, 2.75) is 18.4 Å². The molecule has 3 rings (SSSR count). The highest BCUT2D eigenvalue weighted by Crippen LogP contribution is 2.42. The molecule has 1 aromatic carbocycles. The molecule has 0 spiro atoms. The monoisotopic (exact) mass is 259 g/mol. The number of halogens is 1. The molecule has 1 aromatic heterocycles. The highest BCUT2D eigenvalue weighted by Gasteiger charge is 2.39. The van der Waals surface area contributed by atoms with Gasteiger partial charge in [0.25, 0.3) is 0 Å². The zero-order valence-corrected chi connectivity index (χ0v) is 10.5. The Morgan fingerprint density at radius 2 is 2.26 bits per heavy atom. The van der Waals surface area contributed by atoms with Gasteiger partial charge in [0, 0.05) is 24.2 Å². The van der Waals surface area contributed by atoms with E-state index in [-0.39, 0.29) is 11.9 Å². The number of rotatable bonds is 4. The quantitative estimate of drug-likeness (QED) is 0.916. The van der Waals surface area contributed by atoms with E-state index in [1.165, 1.54) is 6.07 Å². The maximum atomic E-state index is 13.1. The van der Waals surface area contributed by atoms with Crippen molar-refractivity contribution in [1.29, 1.82) is 0 Å². The van der Waals surface area contributed by atoms with Crippen molar-refractivity contribution >= 4 is 5.95 Å². The predicted molar refractivity (Wildman–Crippen MR) is 69.8 cm³/mol. The second kappa shape index (κ2) is 4.84. The predicted octanol–water partition coefficient (Wildman–Crippen LogP) is 2.59. The van der Waals surface area contributed by atoms with Crippen LogP contribution in [0.2, 0.25) is 0 Å². The first kappa shape index (κ1) is 11.9. The van der Waals surface area contributed by atoms with Crippen LogP contribution in [0.25, 0.3) is 0 Å². The third-order valence-corrected chi connectivity index (χ3v) is 3.22. The molecule has 5 heteroatoms. The lowest BCUT2D eigenvalue weighted by molar-refractivity contribution is 0.397. The van der Waals surface area contributed by atoms with E-state index in [9.17, 15) is 4.39 Å². The van der Waals surface area contributed by atoms with Gasteiger partial charge in [0.1, 0.15) is 5.82 Å². The lowest BCUT2D eigenvalue weighted by atomic mass is 10.1. The Bertz CT molecular complexity index is 590. The molecule has 19 heavy (non-hydrogen) atoms. The second-order valence-electron chi connectivity index (χ2n) is 4.57. The first-order chi connectivity index (χ1) is 9.26. The van der Waals surface area contributed by atoms with Crippen molar-refractivity contribution in [1.82, 2.24) is 9.97 Å². The highest BCUT2D eigenvalue weighted by molar-refractivity contribution is 5.38. The molecule has 1 aliphatic carbocycles. The summed E-state index contributed by atoms with van der Waals surface area (Å²) in [7, 11) is 1.57. The van der Waals surface area contributed by atoms with Crippen LogP contribution >= 0.6 is 0 Å². The molecule has 2 aromatic rings. The summed E-state index contributed by atoms with van der Waals surface area (Å²) in [5.74, 6) is 1.20. The van der Waals surface area contributed by atoms with Crippen LogP contribution in [-0.2, 0) is 0 Å². The summed E-state index contributed by atoms with van der Waals surface area (Å²) < 4.78 is 18.2. The van der Waals surface area contributed by atoms with Gasteiger partial charge in [-0.05, 0) is 24.1 Å². The first-order valence-electron chi connectivity index (χ1n) is 6.15. The lowest BCUT2D eigenvalue weighted by Crippen LogP contribution is -2.08. The topological polar surface area (TPSA) is 47.0 Å². The van der Waals surface area contributed by atoms with Gasteiger partial charge in [0.05, 0.1) is 7.11 Å².